The van der Waals surface area contributed by atoms with Crippen LogP contribution in [0.1, 0.15) is 27.2 Å². The monoisotopic (exact) mass is 507 g/mol. The van der Waals surface area contributed by atoms with Crippen LogP contribution in [-0.4, -0.2) is 16.0 Å². The molecule has 5 nitrogen and oxygen atoms in total. The lowest BCUT2D eigenvalue weighted by Gasteiger charge is -2.20. The minimum atomic E-state index is -0.273. The maximum absolute atomic E-state index is 14.1. The van der Waals surface area contributed by atoms with Gasteiger partial charge >= 0.3 is 0 Å². The Bertz CT molecular complexity index is 1470. The predicted octanol–water partition coefficient (Wildman–Crippen LogP) is 7.72. The molecule has 0 atom stereocenters. The van der Waals surface area contributed by atoms with Gasteiger partial charge in [0.2, 0.25) is 0 Å². The van der Waals surface area contributed by atoms with E-state index in [1.54, 1.807) is 17.9 Å². The number of hydrogen-bond acceptors (Lipinski definition) is 5. The smallest absolute Gasteiger partial charge is 0.266 e. The molecule has 0 fully saturated rings. The number of thiazole rings is 1. The highest BCUT2D eigenvalue weighted by Gasteiger charge is 2.30. The van der Waals surface area contributed by atoms with Gasteiger partial charge in [0.05, 0.1) is 26.8 Å². The molecule has 0 radical (unpaired) electrons. The average molecular weight is 508 g/mol. The van der Waals surface area contributed by atoms with Crippen LogP contribution in [0.2, 0.25) is 10.0 Å². The van der Waals surface area contributed by atoms with Crippen molar-refractivity contribution in [1.29, 1.82) is 0 Å². The van der Waals surface area contributed by atoms with Crippen LogP contribution in [0.25, 0.3) is 21.5 Å². The number of carbonyl (C=O) groups is 1. The van der Waals surface area contributed by atoms with Crippen LogP contribution in [0.5, 0.6) is 0 Å². The molecular weight excluding hydrogens is 489 g/mol. The fourth-order valence-electron chi connectivity index (χ4n) is 3.79. The minimum Gasteiger partial charge on any atom is -0.360 e. The molecule has 34 heavy (non-hydrogen) atoms. The number of anilines is 1. The molecule has 0 aliphatic rings. The average Bonchev–Trinajstić information content (AvgIpc) is 3.45. The van der Waals surface area contributed by atoms with Gasteiger partial charge in [0, 0.05) is 5.56 Å². The summed E-state index contributed by atoms with van der Waals surface area (Å²) in [5.41, 5.74) is 4.13. The van der Waals surface area contributed by atoms with E-state index >= 15 is 0 Å². The zero-order valence-corrected chi connectivity index (χ0v) is 20.7. The van der Waals surface area contributed by atoms with E-state index in [4.69, 9.17) is 32.7 Å². The van der Waals surface area contributed by atoms with Gasteiger partial charge in [0.1, 0.15) is 17.0 Å². The molecular formula is C26H19Cl2N3O2S. The third kappa shape index (κ3) is 4.09. The van der Waals surface area contributed by atoms with Crippen molar-refractivity contribution in [3.63, 3.8) is 0 Å². The maximum Gasteiger partial charge on any atom is 0.266 e. The molecule has 0 saturated heterocycles. The maximum atomic E-state index is 14.1. The molecule has 0 N–H and O–H groups in total. The Hall–Kier alpha value is -3.19. The van der Waals surface area contributed by atoms with Crippen molar-refractivity contribution in [1.82, 2.24) is 10.1 Å². The first-order valence-corrected chi connectivity index (χ1v) is 12.1. The van der Waals surface area contributed by atoms with Gasteiger partial charge in [-0.3, -0.25) is 9.69 Å². The molecule has 1 amide bonds. The lowest BCUT2D eigenvalue weighted by Crippen LogP contribution is -2.31. The van der Waals surface area contributed by atoms with Crippen molar-refractivity contribution in [2.45, 2.75) is 20.4 Å². The predicted molar refractivity (Wildman–Crippen MR) is 138 cm³/mol. The zero-order chi connectivity index (χ0) is 23.8. The Balaban J connectivity index is 1.66. The molecule has 170 valence electrons. The van der Waals surface area contributed by atoms with Crippen LogP contribution in [0.4, 0.5) is 5.13 Å². The third-order valence-corrected chi connectivity index (χ3v) is 7.42. The third-order valence-electron chi connectivity index (χ3n) is 5.55. The molecule has 2 aromatic heterocycles. The van der Waals surface area contributed by atoms with E-state index in [1.807, 2.05) is 67.6 Å². The topological polar surface area (TPSA) is 59.2 Å². The fourth-order valence-corrected chi connectivity index (χ4v) is 5.33. The van der Waals surface area contributed by atoms with Crippen molar-refractivity contribution in [3.8, 4) is 11.3 Å². The molecule has 5 aromatic rings. The molecule has 3 aromatic carbocycles. The number of fused-ring (bicyclic) bond motifs is 1. The van der Waals surface area contributed by atoms with E-state index in [9.17, 15) is 4.79 Å². The van der Waals surface area contributed by atoms with Gasteiger partial charge in [-0.15, -0.1) is 0 Å². The van der Waals surface area contributed by atoms with E-state index in [2.05, 4.69) is 5.16 Å². The Morgan fingerprint density at radius 3 is 2.44 bits per heavy atom. The standard InChI is InChI=1S/C26H19Cl2N3O2S/c1-15-12-13-20(28)24-22(15)29-26(34-24)31(14-17-8-4-3-5-9-17)25(32)21-16(2)33-30-23(21)18-10-6-7-11-19(18)27/h3-13H,14H2,1-2H3. The van der Waals surface area contributed by atoms with Crippen molar-refractivity contribution >= 4 is 55.8 Å². The first kappa shape index (κ1) is 22.6. The molecule has 0 bridgehead atoms. The Morgan fingerprint density at radius 2 is 1.71 bits per heavy atom. The lowest BCUT2D eigenvalue weighted by molar-refractivity contribution is 0.0984. The van der Waals surface area contributed by atoms with E-state index in [1.165, 1.54) is 11.3 Å². The van der Waals surface area contributed by atoms with Gasteiger partial charge in [-0.05, 0) is 37.1 Å². The summed E-state index contributed by atoms with van der Waals surface area (Å²) < 4.78 is 6.31. The number of aryl methyl sites for hydroxylation is 2. The Labute approximate surface area is 210 Å². The first-order chi connectivity index (χ1) is 16.4. The van der Waals surface area contributed by atoms with Crippen LogP contribution in [-0.2, 0) is 6.54 Å². The van der Waals surface area contributed by atoms with Crippen LogP contribution < -0.4 is 4.90 Å². The second-order valence-corrected chi connectivity index (χ2v) is 9.65. The van der Waals surface area contributed by atoms with Gasteiger partial charge in [-0.25, -0.2) is 4.98 Å². The van der Waals surface area contributed by atoms with Gasteiger partial charge < -0.3 is 4.52 Å². The van der Waals surface area contributed by atoms with Crippen LogP contribution in [0.3, 0.4) is 0 Å². The van der Waals surface area contributed by atoms with Crippen molar-refractivity contribution < 1.29 is 9.32 Å². The summed E-state index contributed by atoms with van der Waals surface area (Å²) in [6.07, 6.45) is 0. The lowest BCUT2D eigenvalue weighted by atomic mass is 10.0. The van der Waals surface area contributed by atoms with Crippen molar-refractivity contribution in [2.24, 2.45) is 0 Å². The highest BCUT2D eigenvalue weighted by molar-refractivity contribution is 7.23. The molecule has 0 spiro atoms. The number of nitrogens with zero attached hydrogens (tertiary/aromatic N) is 3. The molecule has 0 aliphatic carbocycles. The summed E-state index contributed by atoms with van der Waals surface area (Å²) in [7, 11) is 0. The zero-order valence-electron chi connectivity index (χ0n) is 18.4. The summed E-state index contributed by atoms with van der Waals surface area (Å²) in [6.45, 7) is 4.02. The van der Waals surface area contributed by atoms with Crippen LogP contribution >= 0.6 is 34.5 Å². The highest BCUT2D eigenvalue weighted by Crippen LogP contribution is 2.38. The highest BCUT2D eigenvalue weighted by atomic mass is 35.5. The summed E-state index contributed by atoms with van der Waals surface area (Å²) in [5.74, 6) is 0.138. The van der Waals surface area contributed by atoms with E-state index in [0.29, 0.717) is 44.3 Å². The Kier molecular flexibility index (Phi) is 6.13. The van der Waals surface area contributed by atoms with Gasteiger partial charge in [0.25, 0.3) is 5.91 Å². The van der Waals surface area contributed by atoms with Gasteiger partial charge in [-0.2, -0.15) is 0 Å². The second kappa shape index (κ2) is 9.22. The minimum absolute atomic E-state index is 0.273. The molecule has 0 unspecified atom stereocenters. The number of aromatic nitrogens is 2. The van der Waals surface area contributed by atoms with E-state index in [0.717, 1.165) is 21.3 Å². The number of benzene rings is 3. The van der Waals surface area contributed by atoms with Crippen LogP contribution in [0, 0.1) is 13.8 Å². The van der Waals surface area contributed by atoms with Crippen LogP contribution in [0.15, 0.2) is 71.3 Å². The SMILES string of the molecule is Cc1onc(-c2ccccc2Cl)c1C(=O)N(Cc1ccccc1)c1nc2c(C)ccc(Cl)c2s1. The molecule has 0 aliphatic heterocycles. The van der Waals surface area contributed by atoms with E-state index < -0.39 is 0 Å². The first-order valence-electron chi connectivity index (χ1n) is 10.6. The molecule has 2 heterocycles. The summed E-state index contributed by atoms with van der Waals surface area (Å²) in [4.78, 5) is 20.6. The van der Waals surface area contributed by atoms with Gasteiger partial charge in [0.15, 0.2) is 5.13 Å². The normalized spacial score (nSPS) is 11.2. The summed E-state index contributed by atoms with van der Waals surface area (Å²) in [5, 5.41) is 5.82. The molecule has 5 rings (SSSR count). The van der Waals surface area contributed by atoms with Crippen molar-refractivity contribution in [3.05, 3.63) is 99.2 Å². The van der Waals surface area contributed by atoms with Gasteiger partial charge in [-0.1, -0.05) is 94.3 Å². The fraction of sp³-hybridized carbons (Fsp3) is 0.115. The second-order valence-electron chi connectivity index (χ2n) is 7.86. The molecule has 8 heteroatoms. The summed E-state index contributed by atoms with van der Waals surface area (Å²) in [6, 6.07) is 20.8. The number of halogens is 2. The number of amides is 1. The van der Waals surface area contributed by atoms with E-state index in [-0.39, 0.29) is 5.91 Å². The summed E-state index contributed by atoms with van der Waals surface area (Å²) >= 11 is 14.3. The molecule has 0 saturated carbocycles. The number of carbonyl (C=O) groups excluding carboxylic acids is 1. The number of hydrogen-bond donors (Lipinski definition) is 0. The van der Waals surface area contributed by atoms with Crippen molar-refractivity contribution in [2.75, 3.05) is 4.90 Å². The largest absolute Gasteiger partial charge is 0.360 e. The number of rotatable bonds is 5. The Morgan fingerprint density at radius 1 is 0.971 bits per heavy atom. The quantitative estimate of drug-likeness (QED) is 0.244.